The van der Waals surface area contributed by atoms with Crippen molar-refractivity contribution in [3.63, 3.8) is 0 Å². The molecule has 2 aromatic carbocycles. The third-order valence-electron chi connectivity index (χ3n) is 4.28. The molecule has 0 spiro atoms. The van der Waals surface area contributed by atoms with E-state index in [4.69, 9.17) is 14.2 Å². The number of rotatable bonds is 11. The molecular formula is C23H27N3O3S. The van der Waals surface area contributed by atoms with Gasteiger partial charge in [0.2, 0.25) is 5.13 Å². The van der Waals surface area contributed by atoms with E-state index in [0.717, 1.165) is 46.9 Å². The Labute approximate surface area is 181 Å². The van der Waals surface area contributed by atoms with Crippen LogP contribution in [0.1, 0.15) is 32.3 Å². The first-order chi connectivity index (χ1) is 14.7. The first-order valence-corrected chi connectivity index (χ1v) is 10.9. The number of ether oxygens (including phenoxy) is 3. The van der Waals surface area contributed by atoms with Crippen LogP contribution in [0.5, 0.6) is 17.2 Å². The lowest BCUT2D eigenvalue weighted by atomic mass is 10.1. The van der Waals surface area contributed by atoms with Crippen molar-refractivity contribution >= 4 is 22.7 Å². The smallest absolute Gasteiger partial charge is 0.203 e. The average Bonchev–Trinajstić information content (AvgIpc) is 3.24. The monoisotopic (exact) mass is 425 g/mol. The van der Waals surface area contributed by atoms with Crippen LogP contribution in [0.3, 0.4) is 0 Å². The van der Waals surface area contributed by atoms with Gasteiger partial charge >= 0.3 is 0 Å². The molecule has 0 bridgehead atoms. The van der Waals surface area contributed by atoms with E-state index in [9.17, 15) is 0 Å². The zero-order valence-corrected chi connectivity index (χ0v) is 18.4. The van der Waals surface area contributed by atoms with E-state index in [1.54, 1.807) is 13.3 Å². The van der Waals surface area contributed by atoms with E-state index in [0.29, 0.717) is 18.3 Å². The Morgan fingerprint density at radius 3 is 2.73 bits per heavy atom. The van der Waals surface area contributed by atoms with E-state index in [2.05, 4.69) is 22.4 Å². The minimum Gasteiger partial charge on any atom is -0.496 e. The fraction of sp³-hybridized carbons (Fsp3) is 0.304. The van der Waals surface area contributed by atoms with E-state index < -0.39 is 0 Å². The van der Waals surface area contributed by atoms with E-state index in [1.165, 1.54) is 11.3 Å². The third-order valence-corrected chi connectivity index (χ3v) is 5.03. The number of anilines is 1. The van der Waals surface area contributed by atoms with Gasteiger partial charge < -0.3 is 14.2 Å². The molecule has 0 atom stereocenters. The highest BCUT2D eigenvalue weighted by molar-refractivity contribution is 7.14. The standard InChI is InChI=1S/C23H27N3O3S/c1-4-6-13-29-21-12-11-17(14-22(21)28-5-2)15-24-26-23-25-19(16-30-23)18-9-7-8-10-20(18)27-3/h7-12,14-16H,4-6,13H2,1-3H3,(H,25,26)/b24-15-. The molecule has 0 saturated heterocycles. The van der Waals surface area contributed by atoms with Gasteiger partial charge in [0.05, 0.1) is 32.2 Å². The molecule has 0 unspecified atom stereocenters. The van der Waals surface area contributed by atoms with Gasteiger partial charge in [-0.05, 0) is 49.2 Å². The first kappa shape index (κ1) is 21.6. The number of nitrogens with one attached hydrogen (secondary N) is 1. The number of methoxy groups -OCH3 is 1. The predicted octanol–water partition coefficient (Wildman–Crippen LogP) is 5.84. The Bertz CT molecular complexity index is 972. The van der Waals surface area contributed by atoms with Crippen molar-refractivity contribution < 1.29 is 14.2 Å². The van der Waals surface area contributed by atoms with Crippen LogP contribution in [-0.2, 0) is 0 Å². The number of nitrogens with zero attached hydrogens (tertiary/aromatic N) is 2. The van der Waals surface area contributed by atoms with Crippen LogP contribution < -0.4 is 19.6 Å². The summed E-state index contributed by atoms with van der Waals surface area (Å²) < 4.78 is 16.9. The maximum atomic E-state index is 5.82. The van der Waals surface area contributed by atoms with Crippen LogP contribution in [0.25, 0.3) is 11.3 Å². The Hall–Kier alpha value is -3.06. The quantitative estimate of drug-likeness (QED) is 0.237. The molecular weight excluding hydrogens is 398 g/mol. The topological polar surface area (TPSA) is 65.0 Å². The molecule has 1 aromatic heterocycles. The van der Waals surface area contributed by atoms with Crippen molar-refractivity contribution in [3.8, 4) is 28.5 Å². The summed E-state index contributed by atoms with van der Waals surface area (Å²) in [4.78, 5) is 4.59. The molecule has 1 N–H and O–H groups in total. The lowest BCUT2D eigenvalue weighted by molar-refractivity contribution is 0.272. The maximum absolute atomic E-state index is 5.82. The minimum atomic E-state index is 0.577. The summed E-state index contributed by atoms with van der Waals surface area (Å²) in [7, 11) is 1.66. The van der Waals surface area contributed by atoms with Crippen molar-refractivity contribution in [1.29, 1.82) is 0 Å². The second kappa shape index (κ2) is 11.2. The zero-order valence-electron chi connectivity index (χ0n) is 17.6. The molecule has 1 heterocycles. The van der Waals surface area contributed by atoms with E-state index in [-0.39, 0.29) is 0 Å². The molecule has 0 aliphatic heterocycles. The van der Waals surface area contributed by atoms with Gasteiger partial charge in [0, 0.05) is 10.9 Å². The molecule has 0 aliphatic carbocycles. The van der Waals surface area contributed by atoms with Gasteiger partial charge in [0.1, 0.15) is 5.75 Å². The predicted molar refractivity (Wildman–Crippen MR) is 123 cm³/mol. The van der Waals surface area contributed by atoms with Gasteiger partial charge in [-0.2, -0.15) is 5.10 Å². The van der Waals surface area contributed by atoms with Crippen molar-refractivity contribution in [2.75, 3.05) is 25.7 Å². The van der Waals surface area contributed by atoms with Gasteiger partial charge in [-0.1, -0.05) is 25.5 Å². The number of thiazole rings is 1. The van der Waals surface area contributed by atoms with Gasteiger partial charge in [0.15, 0.2) is 11.5 Å². The molecule has 0 fully saturated rings. The van der Waals surface area contributed by atoms with Gasteiger partial charge in [-0.15, -0.1) is 11.3 Å². The van der Waals surface area contributed by atoms with E-state index >= 15 is 0 Å². The number of benzene rings is 2. The van der Waals surface area contributed by atoms with Crippen molar-refractivity contribution in [2.24, 2.45) is 5.10 Å². The normalized spacial score (nSPS) is 10.9. The Balaban J connectivity index is 1.66. The number of para-hydroxylation sites is 1. The fourth-order valence-electron chi connectivity index (χ4n) is 2.79. The fourth-order valence-corrected chi connectivity index (χ4v) is 3.45. The summed E-state index contributed by atoms with van der Waals surface area (Å²) in [6.07, 6.45) is 3.85. The second-order valence-electron chi connectivity index (χ2n) is 6.45. The molecule has 3 rings (SSSR count). The molecule has 0 saturated carbocycles. The number of aromatic nitrogens is 1. The Kier molecular flexibility index (Phi) is 8.09. The Morgan fingerprint density at radius 2 is 1.93 bits per heavy atom. The first-order valence-electron chi connectivity index (χ1n) is 10.0. The van der Waals surface area contributed by atoms with Crippen LogP contribution in [-0.4, -0.2) is 31.5 Å². The highest BCUT2D eigenvalue weighted by Crippen LogP contribution is 2.32. The summed E-state index contributed by atoms with van der Waals surface area (Å²) in [6, 6.07) is 13.6. The summed E-state index contributed by atoms with van der Waals surface area (Å²) in [5.74, 6) is 2.28. The highest BCUT2D eigenvalue weighted by atomic mass is 32.1. The van der Waals surface area contributed by atoms with Gasteiger partial charge in [0.25, 0.3) is 0 Å². The number of unbranched alkanes of at least 4 members (excludes halogenated alkanes) is 1. The average molecular weight is 426 g/mol. The summed E-state index contributed by atoms with van der Waals surface area (Å²) >= 11 is 1.49. The summed E-state index contributed by atoms with van der Waals surface area (Å²) in [5.41, 5.74) is 5.71. The lowest BCUT2D eigenvalue weighted by Crippen LogP contribution is -2.01. The molecule has 0 aliphatic rings. The van der Waals surface area contributed by atoms with Crippen molar-refractivity contribution in [1.82, 2.24) is 4.98 Å². The maximum Gasteiger partial charge on any atom is 0.203 e. The Morgan fingerprint density at radius 1 is 1.07 bits per heavy atom. The number of hydrazone groups is 1. The molecule has 6 nitrogen and oxygen atoms in total. The van der Waals surface area contributed by atoms with Crippen LogP contribution in [0.4, 0.5) is 5.13 Å². The molecule has 3 aromatic rings. The molecule has 158 valence electrons. The zero-order chi connectivity index (χ0) is 21.2. The van der Waals surface area contributed by atoms with Crippen LogP contribution >= 0.6 is 11.3 Å². The van der Waals surface area contributed by atoms with Crippen LogP contribution in [0, 0.1) is 0 Å². The largest absolute Gasteiger partial charge is 0.496 e. The SMILES string of the molecule is CCCCOc1ccc(/C=N\Nc2nc(-c3ccccc3OC)cs2)cc1OCC. The van der Waals surface area contributed by atoms with Gasteiger partial charge in [-0.3, -0.25) is 5.43 Å². The molecule has 30 heavy (non-hydrogen) atoms. The van der Waals surface area contributed by atoms with Gasteiger partial charge in [-0.25, -0.2) is 4.98 Å². The summed E-state index contributed by atoms with van der Waals surface area (Å²) in [5, 5.41) is 7.00. The molecule has 0 radical (unpaired) electrons. The summed E-state index contributed by atoms with van der Waals surface area (Å²) in [6.45, 7) is 5.36. The molecule has 7 heteroatoms. The third kappa shape index (κ3) is 5.73. The van der Waals surface area contributed by atoms with Crippen molar-refractivity contribution in [2.45, 2.75) is 26.7 Å². The number of hydrogen-bond donors (Lipinski definition) is 1. The highest BCUT2D eigenvalue weighted by Gasteiger charge is 2.09. The van der Waals surface area contributed by atoms with Crippen LogP contribution in [0.2, 0.25) is 0 Å². The second-order valence-corrected chi connectivity index (χ2v) is 7.31. The minimum absolute atomic E-state index is 0.577. The van der Waals surface area contributed by atoms with Crippen LogP contribution in [0.15, 0.2) is 52.9 Å². The molecule has 0 amide bonds. The number of hydrogen-bond acceptors (Lipinski definition) is 7. The lowest BCUT2D eigenvalue weighted by Gasteiger charge is -2.12. The van der Waals surface area contributed by atoms with E-state index in [1.807, 2.05) is 54.8 Å². The van der Waals surface area contributed by atoms with Crippen molar-refractivity contribution in [3.05, 3.63) is 53.4 Å².